The molecule has 0 amide bonds. The van der Waals surface area contributed by atoms with Crippen LogP contribution in [0.1, 0.15) is 32.6 Å². The van der Waals surface area contributed by atoms with Gasteiger partial charge in [-0.25, -0.2) is 4.79 Å². The molecule has 4 heteroatoms. The van der Waals surface area contributed by atoms with E-state index < -0.39 is 12.6 Å². The van der Waals surface area contributed by atoms with Crippen molar-refractivity contribution in [3.05, 3.63) is 0 Å². The van der Waals surface area contributed by atoms with E-state index in [2.05, 4.69) is 6.92 Å². The average molecular weight is 220 g/mol. The van der Waals surface area contributed by atoms with Gasteiger partial charge >= 0.3 is 5.97 Å². The predicted molar refractivity (Wildman–Crippen MR) is 59.5 cm³/mol. The lowest BCUT2D eigenvalue weighted by Crippen LogP contribution is -2.11. The summed E-state index contributed by atoms with van der Waals surface area (Å²) in [7, 11) is 0. The molecule has 0 saturated heterocycles. The van der Waals surface area contributed by atoms with Crippen LogP contribution in [0.4, 0.5) is 0 Å². The Kier molecular flexibility index (Phi) is 10.7. The van der Waals surface area contributed by atoms with Gasteiger partial charge in [0, 0.05) is 5.75 Å². The first-order valence-corrected chi connectivity index (χ1v) is 6.31. The van der Waals surface area contributed by atoms with Gasteiger partial charge in [-0.3, -0.25) is 0 Å². The lowest BCUT2D eigenvalue weighted by atomic mass is 10.2. The molecule has 0 aromatic rings. The Hall–Kier alpha value is -0.220. The predicted octanol–water partition coefficient (Wildman–Crippen LogP) is 1.84. The van der Waals surface area contributed by atoms with E-state index in [1.807, 2.05) is 0 Å². The quantitative estimate of drug-likeness (QED) is 0.476. The van der Waals surface area contributed by atoms with Gasteiger partial charge in [0.1, 0.15) is 13.2 Å². The smallest absolute Gasteiger partial charge is 0.331 e. The van der Waals surface area contributed by atoms with Gasteiger partial charge in [-0.15, -0.1) is 0 Å². The number of esters is 1. The molecule has 0 saturated carbocycles. The maximum Gasteiger partial charge on any atom is 0.331 e. The number of hydrogen-bond acceptors (Lipinski definition) is 4. The number of aliphatic hydroxyl groups is 1. The molecule has 1 N–H and O–H groups in total. The van der Waals surface area contributed by atoms with E-state index in [1.54, 1.807) is 11.8 Å². The molecule has 0 aliphatic heterocycles. The van der Waals surface area contributed by atoms with Gasteiger partial charge in [-0.05, 0) is 12.2 Å². The lowest BCUT2D eigenvalue weighted by molar-refractivity contribution is -0.146. The maximum absolute atomic E-state index is 10.5. The van der Waals surface area contributed by atoms with Crippen molar-refractivity contribution in [2.45, 2.75) is 32.6 Å². The highest BCUT2D eigenvalue weighted by atomic mass is 32.2. The summed E-state index contributed by atoms with van der Waals surface area (Å²) in [6.07, 6.45) is 5.10. The van der Waals surface area contributed by atoms with Crippen molar-refractivity contribution in [2.75, 3.05) is 24.7 Å². The molecule has 0 bridgehead atoms. The van der Waals surface area contributed by atoms with E-state index in [1.165, 1.54) is 25.7 Å². The Morgan fingerprint density at radius 3 is 2.71 bits per heavy atom. The molecular weight excluding hydrogens is 200 g/mol. The van der Waals surface area contributed by atoms with E-state index in [4.69, 9.17) is 9.84 Å². The molecule has 0 spiro atoms. The van der Waals surface area contributed by atoms with Crippen LogP contribution in [-0.4, -0.2) is 35.8 Å². The summed E-state index contributed by atoms with van der Waals surface area (Å²) in [6, 6.07) is 0. The fourth-order valence-corrected chi connectivity index (χ4v) is 1.81. The summed E-state index contributed by atoms with van der Waals surface area (Å²) in [6.45, 7) is 2.10. The minimum Gasteiger partial charge on any atom is -0.463 e. The van der Waals surface area contributed by atoms with Gasteiger partial charge < -0.3 is 9.84 Å². The molecule has 0 rings (SSSR count). The fourth-order valence-electron chi connectivity index (χ4n) is 0.993. The van der Waals surface area contributed by atoms with Crippen molar-refractivity contribution in [3.8, 4) is 0 Å². The number of rotatable bonds is 9. The zero-order valence-electron chi connectivity index (χ0n) is 8.83. The van der Waals surface area contributed by atoms with Gasteiger partial charge in [0.15, 0.2) is 0 Å². The van der Waals surface area contributed by atoms with Crippen LogP contribution in [0.2, 0.25) is 0 Å². The van der Waals surface area contributed by atoms with E-state index in [-0.39, 0.29) is 0 Å². The minimum atomic E-state index is -0.531. The minimum absolute atomic E-state index is 0.415. The molecule has 0 aliphatic rings. The Labute approximate surface area is 90.2 Å². The zero-order chi connectivity index (χ0) is 10.6. The van der Waals surface area contributed by atoms with E-state index in [9.17, 15) is 4.79 Å². The van der Waals surface area contributed by atoms with Crippen molar-refractivity contribution < 1.29 is 14.6 Å². The Morgan fingerprint density at radius 1 is 1.29 bits per heavy atom. The first-order valence-electron chi connectivity index (χ1n) is 5.15. The first-order chi connectivity index (χ1) is 6.81. The third-order valence-electron chi connectivity index (χ3n) is 1.76. The average Bonchev–Trinajstić information content (AvgIpc) is 2.21. The van der Waals surface area contributed by atoms with Crippen molar-refractivity contribution >= 4 is 17.7 Å². The van der Waals surface area contributed by atoms with Crippen LogP contribution >= 0.6 is 11.8 Å². The molecule has 0 heterocycles. The summed E-state index contributed by atoms with van der Waals surface area (Å²) < 4.78 is 4.71. The van der Waals surface area contributed by atoms with Crippen molar-refractivity contribution in [3.63, 3.8) is 0 Å². The zero-order valence-corrected chi connectivity index (χ0v) is 9.65. The third-order valence-corrected chi connectivity index (χ3v) is 2.79. The van der Waals surface area contributed by atoms with Crippen LogP contribution in [0.25, 0.3) is 0 Å². The lowest BCUT2D eigenvalue weighted by Gasteiger charge is -2.02. The second-order valence-electron chi connectivity index (χ2n) is 3.05. The summed E-state index contributed by atoms with van der Waals surface area (Å²) in [5.41, 5.74) is 0. The molecule has 84 valence electrons. The largest absolute Gasteiger partial charge is 0.463 e. The number of aliphatic hydroxyl groups excluding tert-OH is 1. The van der Waals surface area contributed by atoms with Crippen LogP contribution in [0.5, 0.6) is 0 Å². The molecule has 0 aromatic carbocycles. The number of hydrogen-bond donors (Lipinski definition) is 1. The highest BCUT2D eigenvalue weighted by Crippen LogP contribution is 2.07. The molecule has 0 unspecified atom stereocenters. The summed E-state index contributed by atoms with van der Waals surface area (Å²) in [4.78, 5) is 10.5. The van der Waals surface area contributed by atoms with Gasteiger partial charge in [0.05, 0.1) is 0 Å². The van der Waals surface area contributed by atoms with Gasteiger partial charge in [-0.1, -0.05) is 26.2 Å². The highest BCUT2D eigenvalue weighted by Gasteiger charge is 1.98. The molecule has 14 heavy (non-hydrogen) atoms. The van der Waals surface area contributed by atoms with Gasteiger partial charge in [0.25, 0.3) is 0 Å². The first kappa shape index (κ1) is 13.8. The Morgan fingerprint density at radius 2 is 2.07 bits per heavy atom. The van der Waals surface area contributed by atoms with Crippen molar-refractivity contribution in [1.82, 2.24) is 0 Å². The molecule has 0 aromatic heterocycles. The summed E-state index contributed by atoms with van der Waals surface area (Å²) in [5.74, 6) is 1.44. The molecule has 0 radical (unpaired) electrons. The van der Waals surface area contributed by atoms with Crippen LogP contribution in [0.3, 0.4) is 0 Å². The Balaban J connectivity index is 2.95. The van der Waals surface area contributed by atoms with Crippen LogP contribution in [0.15, 0.2) is 0 Å². The van der Waals surface area contributed by atoms with E-state index in [0.29, 0.717) is 6.61 Å². The third kappa shape index (κ3) is 9.86. The summed E-state index contributed by atoms with van der Waals surface area (Å²) >= 11 is 1.80. The molecule has 0 aliphatic carbocycles. The fraction of sp³-hybridized carbons (Fsp3) is 0.900. The number of unbranched alkanes of at least 4 members (excludes halogenated alkanes) is 3. The van der Waals surface area contributed by atoms with Crippen LogP contribution in [0, 0.1) is 0 Å². The van der Waals surface area contributed by atoms with Gasteiger partial charge in [0.2, 0.25) is 0 Å². The van der Waals surface area contributed by atoms with Crippen molar-refractivity contribution in [2.24, 2.45) is 0 Å². The van der Waals surface area contributed by atoms with Crippen LogP contribution < -0.4 is 0 Å². The number of carbonyl (C=O) groups is 1. The second kappa shape index (κ2) is 10.9. The standard InChI is InChI=1S/C10H20O3S/c1-2-3-4-5-7-14-8-6-13-10(12)9-11/h11H,2-9H2,1H3. The Bertz CT molecular complexity index is 139. The van der Waals surface area contributed by atoms with Gasteiger partial charge in [-0.2, -0.15) is 11.8 Å². The molecule has 3 nitrogen and oxygen atoms in total. The molecule has 0 fully saturated rings. The number of thioether (sulfide) groups is 1. The maximum atomic E-state index is 10.5. The van der Waals surface area contributed by atoms with E-state index in [0.717, 1.165) is 11.5 Å². The van der Waals surface area contributed by atoms with Crippen LogP contribution in [-0.2, 0) is 9.53 Å². The highest BCUT2D eigenvalue weighted by molar-refractivity contribution is 7.99. The SMILES string of the molecule is CCCCCCSCCOC(=O)CO. The summed E-state index contributed by atoms with van der Waals surface area (Å²) in [5, 5.41) is 8.35. The number of carbonyl (C=O) groups excluding carboxylic acids is 1. The monoisotopic (exact) mass is 220 g/mol. The topological polar surface area (TPSA) is 46.5 Å². The van der Waals surface area contributed by atoms with E-state index >= 15 is 0 Å². The van der Waals surface area contributed by atoms with Crippen molar-refractivity contribution in [1.29, 1.82) is 0 Å². The molecule has 0 atom stereocenters. The number of ether oxygens (including phenoxy) is 1. The normalized spacial score (nSPS) is 10.1. The second-order valence-corrected chi connectivity index (χ2v) is 4.28. The molecular formula is C10H20O3S.